The zero-order valence-corrected chi connectivity index (χ0v) is 21.1. The molecule has 0 radical (unpaired) electrons. The van der Waals surface area contributed by atoms with Crippen LogP contribution in [0, 0.1) is 6.92 Å². The SMILES string of the molecule is C=CC(=C)N1CCN(c2nc(CC)nc3c2C2(CC2)CN(c2cccc4cccc(C)c24)C3)CC1. The monoisotopic (exact) mass is 465 g/mol. The van der Waals surface area contributed by atoms with E-state index in [0.717, 1.165) is 57.2 Å². The Morgan fingerprint density at radius 1 is 1.03 bits per heavy atom. The lowest BCUT2D eigenvalue weighted by Crippen LogP contribution is -2.48. The van der Waals surface area contributed by atoms with Crippen LogP contribution in [0.3, 0.4) is 0 Å². The van der Waals surface area contributed by atoms with Crippen molar-refractivity contribution in [3.8, 4) is 0 Å². The van der Waals surface area contributed by atoms with Crippen molar-refractivity contribution in [1.82, 2.24) is 14.9 Å². The van der Waals surface area contributed by atoms with Crippen LogP contribution < -0.4 is 9.80 Å². The molecule has 1 spiro atoms. The molecule has 5 nitrogen and oxygen atoms in total. The van der Waals surface area contributed by atoms with Gasteiger partial charge in [0.25, 0.3) is 0 Å². The van der Waals surface area contributed by atoms with E-state index < -0.39 is 0 Å². The van der Waals surface area contributed by atoms with E-state index in [-0.39, 0.29) is 5.41 Å². The van der Waals surface area contributed by atoms with Gasteiger partial charge in [0.2, 0.25) is 0 Å². The second kappa shape index (κ2) is 8.40. The largest absolute Gasteiger partial charge is 0.368 e. The second-order valence-electron chi connectivity index (χ2n) is 10.4. The summed E-state index contributed by atoms with van der Waals surface area (Å²) < 4.78 is 0. The highest BCUT2D eigenvalue weighted by molar-refractivity contribution is 5.97. The summed E-state index contributed by atoms with van der Waals surface area (Å²) in [4.78, 5) is 17.7. The third kappa shape index (κ3) is 3.69. The Morgan fingerprint density at radius 3 is 2.46 bits per heavy atom. The number of anilines is 2. The maximum Gasteiger partial charge on any atom is 0.136 e. The van der Waals surface area contributed by atoms with Gasteiger partial charge in [-0.2, -0.15) is 0 Å². The van der Waals surface area contributed by atoms with Crippen LogP contribution in [0.5, 0.6) is 0 Å². The van der Waals surface area contributed by atoms with Crippen LogP contribution in [0.1, 0.15) is 42.4 Å². The lowest BCUT2D eigenvalue weighted by molar-refractivity contribution is 0.330. The normalized spacial score (nSPS) is 18.6. The molecule has 0 amide bonds. The summed E-state index contributed by atoms with van der Waals surface area (Å²) in [6.07, 6.45) is 5.15. The van der Waals surface area contributed by atoms with Gasteiger partial charge in [-0.05, 0) is 42.9 Å². The summed E-state index contributed by atoms with van der Waals surface area (Å²) in [6, 6.07) is 13.3. The molecule has 2 aromatic carbocycles. The van der Waals surface area contributed by atoms with Crippen molar-refractivity contribution in [1.29, 1.82) is 0 Å². The van der Waals surface area contributed by atoms with Gasteiger partial charge in [-0.25, -0.2) is 9.97 Å². The van der Waals surface area contributed by atoms with Crippen LogP contribution in [-0.4, -0.2) is 47.6 Å². The highest BCUT2D eigenvalue weighted by Gasteiger charge is 2.52. The Morgan fingerprint density at radius 2 is 1.77 bits per heavy atom. The molecule has 180 valence electrons. The number of rotatable bonds is 5. The summed E-state index contributed by atoms with van der Waals surface area (Å²) >= 11 is 0. The van der Waals surface area contributed by atoms with Crippen LogP contribution in [0.4, 0.5) is 11.5 Å². The first kappa shape index (κ1) is 22.1. The summed E-state index contributed by atoms with van der Waals surface area (Å²) in [5.41, 5.74) is 6.53. The lowest BCUT2D eigenvalue weighted by Gasteiger charge is -2.42. The quantitative estimate of drug-likeness (QED) is 0.473. The maximum absolute atomic E-state index is 5.15. The Balaban J connectivity index is 1.40. The molecule has 0 unspecified atom stereocenters. The fraction of sp³-hybridized carbons (Fsp3) is 0.400. The molecular formula is C30H35N5. The van der Waals surface area contributed by atoms with Crippen LogP contribution in [0.2, 0.25) is 0 Å². The Bertz CT molecular complexity index is 1310. The van der Waals surface area contributed by atoms with Crippen LogP contribution in [-0.2, 0) is 18.4 Å². The van der Waals surface area contributed by atoms with E-state index in [2.05, 4.69) is 78.1 Å². The predicted molar refractivity (Wildman–Crippen MR) is 145 cm³/mol. The zero-order valence-electron chi connectivity index (χ0n) is 21.1. The Labute approximate surface area is 208 Å². The molecule has 1 aromatic heterocycles. The van der Waals surface area contributed by atoms with Gasteiger partial charge in [0.05, 0.1) is 12.2 Å². The molecule has 1 saturated carbocycles. The number of aryl methyl sites for hydroxylation is 2. The number of hydrogen-bond acceptors (Lipinski definition) is 5. The van der Waals surface area contributed by atoms with E-state index in [9.17, 15) is 0 Å². The molecule has 0 bridgehead atoms. The third-order valence-corrected chi connectivity index (χ3v) is 8.20. The van der Waals surface area contributed by atoms with Crippen molar-refractivity contribution in [3.63, 3.8) is 0 Å². The molecule has 3 heterocycles. The molecule has 1 saturated heterocycles. The topological polar surface area (TPSA) is 35.5 Å². The van der Waals surface area contributed by atoms with Crippen molar-refractivity contribution in [2.45, 2.75) is 45.1 Å². The summed E-state index contributed by atoms with van der Waals surface area (Å²) in [6.45, 7) is 18.2. The zero-order chi connectivity index (χ0) is 24.2. The summed E-state index contributed by atoms with van der Waals surface area (Å²) in [5.74, 6) is 2.16. The Kier molecular flexibility index (Phi) is 5.32. The number of piperazine rings is 1. The number of benzene rings is 2. The minimum Gasteiger partial charge on any atom is -0.368 e. The van der Waals surface area contributed by atoms with Gasteiger partial charge >= 0.3 is 0 Å². The van der Waals surface area contributed by atoms with Crippen molar-refractivity contribution >= 4 is 22.3 Å². The van der Waals surface area contributed by atoms with Crippen molar-refractivity contribution < 1.29 is 0 Å². The molecule has 2 aliphatic heterocycles. The van der Waals surface area contributed by atoms with Crippen LogP contribution in [0.15, 0.2) is 61.3 Å². The molecule has 6 rings (SSSR count). The summed E-state index contributed by atoms with van der Waals surface area (Å²) in [5, 5.41) is 2.69. The predicted octanol–water partition coefficient (Wildman–Crippen LogP) is 5.37. The van der Waals surface area contributed by atoms with E-state index in [1.807, 2.05) is 6.08 Å². The molecule has 0 N–H and O–H groups in total. The maximum atomic E-state index is 5.15. The summed E-state index contributed by atoms with van der Waals surface area (Å²) in [7, 11) is 0. The Hall–Kier alpha value is -3.34. The van der Waals surface area contributed by atoms with E-state index >= 15 is 0 Å². The number of hydrogen-bond donors (Lipinski definition) is 0. The van der Waals surface area contributed by atoms with E-state index in [4.69, 9.17) is 9.97 Å². The van der Waals surface area contributed by atoms with E-state index in [1.54, 1.807) is 0 Å². The van der Waals surface area contributed by atoms with Gasteiger partial charge in [-0.15, -0.1) is 0 Å². The highest BCUT2D eigenvalue weighted by atomic mass is 15.3. The second-order valence-corrected chi connectivity index (χ2v) is 10.4. The fourth-order valence-corrected chi connectivity index (χ4v) is 6.10. The first-order valence-corrected chi connectivity index (χ1v) is 13.0. The third-order valence-electron chi connectivity index (χ3n) is 8.20. The molecule has 0 atom stereocenters. The van der Waals surface area contributed by atoms with Gasteiger partial charge in [0.15, 0.2) is 0 Å². The van der Waals surface area contributed by atoms with Gasteiger partial charge in [-0.3, -0.25) is 0 Å². The van der Waals surface area contributed by atoms with Crippen molar-refractivity contribution in [2.75, 3.05) is 42.5 Å². The van der Waals surface area contributed by atoms with Crippen molar-refractivity contribution in [3.05, 3.63) is 84.0 Å². The lowest BCUT2D eigenvalue weighted by atomic mass is 9.88. The minimum absolute atomic E-state index is 0.169. The smallest absolute Gasteiger partial charge is 0.136 e. The molecule has 2 fully saturated rings. The molecular weight excluding hydrogens is 430 g/mol. The molecule has 3 aromatic rings. The van der Waals surface area contributed by atoms with Gasteiger partial charge in [0.1, 0.15) is 11.6 Å². The number of aromatic nitrogens is 2. The average Bonchev–Trinajstić information content (AvgIpc) is 3.66. The number of nitrogens with zero attached hydrogens (tertiary/aromatic N) is 5. The van der Waals surface area contributed by atoms with E-state index in [0.29, 0.717) is 0 Å². The molecule has 5 heteroatoms. The highest BCUT2D eigenvalue weighted by Crippen LogP contribution is 2.55. The first-order valence-electron chi connectivity index (χ1n) is 13.0. The van der Waals surface area contributed by atoms with Gasteiger partial charge in [0, 0.05) is 66.9 Å². The standard InChI is InChI=1S/C30H35N5/c1-5-22(4)33-15-17-34(18-16-33)29-28-24(31-26(6-2)32-29)19-35(20-30(28)13-14-30)25-12-8-11-23-10-7-9-21(3)27(23)25/h5,7-12H,1,4,6,13-20H2,2-3H3. The number of fused-ring (bicyclic) bond motifs is 3. The number of allylic oxidation sites excluding steroid dienone is 1. The fourth-order valence-electron chi connectivity index (χ4n) is 6.10. The van der Waals surface area contributed by atoms with Crippen molar-refractivity contribution in [2.24, 2.45) is 0 Å². The minimum atomic E-state index is 0.169. The average molecular weight is 466 g/mol. The molecule has 1 aliphatic carbocycles. The van der Waals surface area contributed by atoms with Gasteiger partial charge < -0.3 is 14.7 Å². The van der Waals surface area contributed by atoms with Gasteiger partial charge in [-0.1, -0.05) is 50.4 Å². The van der Waals surface area contributed by atoms with Crippen LogP contribution in [0.25, 0.3) is 10.8 Å². The van der Waals surface area contributed by atoms with E-state index in [1.165, 1.54) is 51.9 Å². The molecule has 35 heavy (non-hydrogen) atoms. The first-order chi connectivity index (χ1) is 17.0. The van der Waals surface area contributed by atoms with Crippen LogP contribution >= 0.6 is 0 Å². The molecule has 3 aliphatic rings.